The molecule has 1 saturated heterocycles. The average molecular weight is 356 g/mol. The van der Waals surface area contributed by atoms with E-state index in [1.807, 2.05) is 16.2 Å². The lowest BCUT2D eigenvalue weighted by Gasteiger charge is -2.36. The van der Waals surface area contributed by atoms with Gasteiger partial charge in [-0.3, -0.25) is 14.6 Å². The van der Waals surface area contributed by atoms with Crippen molar-refractivity contribution in [1.29, 1.82) is 0 Å². The molecule has 3 heterocycles. The molecule has 1 fully saturated rings. The predicted molar refractivity (Wildman–Crippen MR) is 102 cm³/mol. The van der Waals surface area contributed by atoms with Gasteiger partial charge in [-0.05, 0) is 29.0 Å². The number of fused-ring (bicyclic) bond motifs is 1. The fourth-order valence-corrected chi connectivity index (χ4v) is 4.47. The maximum atomic E-state index is 12.7. The van der Waals surface area contributed by atoms with Crippen LogP contribution in [0.5, 0.6) is 0 Å². The molecule has 2 aliphatic heterocycles. The summed E-state index contributed by atoms with van der Waals surface area (Å²) in [5, 5.41) is 2.14. The molecule has 0 atom stereocenters. The number of benzene rings is 1. The Morgan fingerprint density at radius 2 is 1.68 bits per heavy atom. The summed E-state index contributed by atoms with van der Waals surface area (Å²) in [4.78, 5) is 20.9. The average Bonchev–Trinajstić information content (AvgIpc) is 3.16. The van der Waals surface area contributed by atoms with E-state index in [1.54, 1.807) is 0 Å². The largest absolute Gasteiger partial charge is 0.337 e. The van der Waals surface area contributed by atoms with Gasteiger partial charge in [-0.1, -0.05) is 30.3 Å². The summed E-state index contributed by atoms with van der Waals surface area (Å²) in [7, 11) is 0. The van der Waals surface area contributed by atoms with Crippen LogP contribution in [0.3, 0.4) is 0 Å². The maximum absolute atomic E-state index is 12.7. The van der Waals surface area contributed by atoms with Gasteiger partial charge in [-0.25, -0.2) is 0 Å². The van der Waals surface area contributed by atoms with E-state index in [2.05, 4.69) is 51.6 Å². The molecule has 2 aliphatic rings. The standard InChI is InChI=1S/C20H25N3OS/c24-20(23-8-7-17-4-1-2-5-18(17)14-23)16-22-11-9-21(10-12-22)15-19-6-3-13-25-19/h1-6,13H,7-12,14-16H2. The predicted octanol–water partition coefficient (Wildman–Crippen LogP) is 2.45. The van der Waals surface area contributed by atoms with E-state index in [-0.39, 0.29) is 5.91 Å². The van der Waals surface area contributed by atoms with Gasteiger partial charge < -0.3 is 4.90 Å². The molecule has 0 bridgehead atoms. The number of thiophene rings is 1. The molecule has 4 nitrogen and oxygen atoms in total. The molecule has 1 aromatic carbocycles. The van der Waals surface area contributed by atoms with Gasteiger partial charge in [0.1, 0.15) is 0 Å². The van der Waals surface area contributed by atoms with Crippen molar-refractivity contribution < 1.29 is 4.79 Å². The first-order valence-electron chi connectivity index (χ1n) is 9.09. The van der Waals surface area contributed by atoms with E-state index < -0.39 is 0 Å². The molecule has 0 saturated carbocycles. The third-order valence-electron chi connectivity index (χ3n) is 5.27. The summed E-state index contributed by atoms with van der Waals surface area (Å²) < 4.78 is 0. The van der Waals surface area contributed by atoms with E-state index in [0.717, 1.165) is 52.2 Å². The molecule has 0 unspecified atom stereocenters. The highest BCUT2D eigenvalue weighted by atomic mass is 32.1. The molecule has 0 aliphatic carbocycles. The van der Waals surface area contributed by atoms with Crippen LogP contribution in [-0.2, 0) is 24.3 Å². The summed E-state index contributed by atoms with van der Waals surface area (Å²) in [6.45, 7) is 7.31. The van der Waals surface area contributed by atoms with Gasteiger partial charge in [0, 0.05) is 50.7 Å². The molecule has 2 aromatic rings. The second-order valence-corrected chi connectivity index (χ2v) is 8.00. The number of hydrogen-bond acceptors (Lipinski definition) is 4. The Balaban J connectivity index is 1.25. The summed E-state index contributed by atoms with van der Waals surface area (Å²) in [5.74, 6) is 0.279. The van der Waals surface area contributed by atoms with Gasteiger partial charge in [0.25, 0.3) is 0 Å². The SMILES string of the molecule is O=C(CN1CCN(Cc2cccs2)CC1)N1CCc2ccccc2C1. The minimum Gasteiger partial charge on any atom is -0.337 e. The Bertz CT molecular complexity index is 707. The number of carbonyl (C=O) groups is 1. The quantitative estimate of drug-likeness (QED) is 0.843. The van der Waals surface area contributed by atoms with E-state index >= 15 is 0 Å². The molecule has 0 radical (unpaired) electrons. The lowest BCUT2D eigenvalue weighted by molar-refractivity contribution is -0.133. The molecule has 1 aromatic heterocycles. The smallest absolute Gasteiger partial charge is 0.237 e. The van der Waals surface area contributed by atoms with Crippen LogP contribution in [0.15, 0.2) is 41.8 Å². The topological polar surface area (TPSA) is 26.8 Å². The van der Waals surface area contributed by atoms with Crippen molar-refractivity contribution in [2.24, 2.45) is 0 Å². The summed E-state index contributed by atoms with van der Waals surface area (Å²) in [6, 6.07) is 12.8. The minimum atomic E-state index is 0.279. The van der Waals surface area contributed by atoms with Crippen molar-refractivity contribution in [3.8, 4) is 0 Å². The Hall–Kier alpha value is -1.69. The Morgan fingerprint density at radius 1 is 0.920 bits per heavy atom. The van der Waals surface area contributed by atoms with Crippen molar-refractivity contribution in [2.75, 3.05) is 39.3 Å². The van der Waals surface area contributed by atoms with Crippen LogP contribution >= 0.6 is 11.3 Å². The first-order chi connectivity index (χ1) is 12.3. The highest BCUT2D eigenvalue weighted by Crippen LogP contribution is 2.19. The van der Waals surface area contributed by atoms with Crippen molar-refractivity contribution in [1.82, 2.24) is 14.7 Å². The second-order valence-electron chi connectivity index (χ2n) is 6.97. The van der Waals surface area contributed by atoms with E-state index in [4.69, 9.17) is 0 Å². The third kappa shape index (κ3) is 4.11. The fourth-order valence-electron chi connectivity index (χ4n) is 3.73. The van der Waals surface area contributed by atoms with Crippen LogP contribution in [0.25, 0.3) is 0 Å². The molecular weight excluding hydrogens is 330 g/mol. The van der Waals surface area contributed by atoms with Gasteiger partial charge in [0.2, 0.25) is 5.91 Å². The van der Waals surface area contributed by atoms with E-state index in [0.29, 0.717) is 6.54 Å². The number of nitrogens with zero attached hydrogens (tertiary/aromatic N) is 3. The van der Waals surface area contributed by atoms with Crippen molar-refractivity contribution in [3.05, 3.63) is 57.8 Å². The number of rotatable bonds is 4. The van der Waals surface area contributed by atoms with E-state index in [1.165, 1.54) is 16.0 Å². The lowest BCUT2D eigenvalue weighted by atomic mass is 10.00. The normalized spacial score (nSPS) is 19.0. The fraction of sp³-hybridized carbons (Fsp3) is 0.450. The molecule has 0 spiro atoms. The third-order valence-corrected chi connectivity index (χ3v) is 6.13. The van der Waals surface area contributed by atoms with Crippen molar-refractivity contribution in [2.45, 2.75) is 19.5 Å². The van der Waals surface area contributed by atoms with Gasteiger partial charge >= 0.3 is 0 Å². The lowest BCUT2D eigenvalue weighted by Crippen LogP contribution is -2.50. The van der Waals surface area contributed by atoms with Crippen LogP contribution < -0.4 is 0 Å². The molecular formula is C20H25N3OS. The van der Waals surface area contributed by atoms with Crippen LogP contribution in [0.4, 0.5) is 0 Å². The zero-order valence-electron chi connectivity index (χ0n) is 14.6. The zero-order valence-corrected chi connectivity index (χ0v) is 15.4. The van der Waals surface area contributed by atoms with Gasteiger partial charge in [0.15, 0.2) is 0 Å². The van der Waals surface area contributed by atoms with Gasteiger partial charge in [-0.2, -0.15) is 0 Å². The highest BCUT2D eigenvalue weighted by molar-refractivity contribution is 7.09. The van der Waals surface area contributed by atoms with Crippen molar-refractivity contribution in [3.63, 3.8) is 0 Å². The number of carbonyl (C=O) groups excluding carboxylic acids is 1. The van der Waals surface area contributed by atoms with Crippen LogP contribution in [0, 0.1) is 0 Å². The number of piperazine rings is 1. The van der Waals surface area contributed by atoms with E-state index in [9.17, 15) is 4.79 Å². The van der Waals surface area contributed by atoms with Crippen LogP contribution in [0.1, 0.15) is 16.0 Å². The molecule has 0 N–H and O–H groups in total. The highest BCUT2D eigenvalue weighted by Gasteiger charge is 2.24. The molecule has 25 heavy (non-hydrogen) atoms. The minimum absolute atomic E-state index is 0.279. The summed E-state index contributed by atoms with van der Waals surface area (Å²) >= 11 is 1.83. The second kappa shape index (κ2) is 7.68. The number of amides is 1. The Morgan fingerprint density at radius 3 is 2.44 bits per heavy atom. The van der Waals surface area contributed by atoms with Gasteiger partial charge in [0.05, 0.1) is 6.54 Å². The molecule has 5 heteroatoms. The first-order valence-corrected chi connectivity index (χ1v) is 9.97. The zero-order chi connectivity index (χ0) is 17.1. The number of hydrogen-bond donors (Lipinski definition) is 0. The molecule has 132 valence electrons. The summed E-state index contributed by atoms with van der Waals surface area (Å²) in [6.07, 6.45) is 0.983. The maximum Gasteiger partial charge on any atom is 0.237 e. The summed E-state index contributed by atoms with van der Waals surface area (Å²) in [5.41, 5.74) is 2.71. The first kappa shape index (κ1) is 16.8. The van der Waals surface area contributed by atoms with Crippen LogP contribution in [0.2, 0.25) is 0 Å². The Kier molecular flexibility index (Phi) is 5.15. The Labute approximate surface area is 153 Å². The van der Waals surface area contributed by atoms with Crippen LogP contribution in [-0.4, -0.2) is 59.9 Å². The van der Waals surface area contributed by atoms with Crippen molar-refractivity contribution >= 4 is 17.2 Å². The molecule has 4 rings (SSSR count). The monoisotopic (exact) mass is 355 g/mol. The molecule has 1 amide bonds. The van der Waals surface area contributed by atoms with Gasteiger partial charge in [-0.15, -0.1) is 11.3 Å².